The largest absolute Gasteiger partial charge is 0.398 e. The number of thiophene rings is 1. The Hall–Kier alpha value is -1.81. The van der Waals surface area contributed by atoms with Gasteiger partial charge in [-0.05, 0) is 48.9 Å². The predicted molar refractivity (Wildman–Crippen MR) is 81.5 cm³/mol. The second-order valence-electron chi connectivity index (χ2n) is 4.55. The van der Waals surface area contributed by atoms with Crippen LogP contribution < -0.4 is 11.1 Å². The molecule has 0 fully saturated rings. The molecule has 2 aromatic rings. The van der Waals surface area contributed by atoms with E-state index in [9.17, 15) is 4.79 Å². The molecule has 3 N–H and O–H groups in total. The van der Waals surface area contributed by atoms with Crippen molar-refractivity contribution < 1.29 is 4.79 Å². The van der Waals surface area contributed by atoms with E-state index >= 15 is 0 Å². The number of hydrogen-bond acceptors (Lipinski definition) is 3. The van der Waals surface area contributed by atoms with Gasteiger partial charge in [0.25, 0.3) is 0 Å². The molecule has 0 aliphatic carbocycles. The lowest BCUT2D eigenvalue weighted by molar-refractivity contribution is -0.116. The number of benzene rings is 1. The molecule has 0 aliphatic heterocycles. The highest BCUT2D eigenvalue weighted by molar-refractivity contribution is 7.09. The number of nitrogens with two attached hydrogens (primary N) is 1. The topological polar surface area (TPSA) is 55.1 Å². The van der Waals surface area contributed by atoms with E-state index in [0.29, 0.717) is 12.1 Å². The molecule has 100 valence electrons. The van der Waals surface area contributed by atoms with Crippen LogP contribution >= 0.6 is 11.3 Å². The normalized spacial score (nSPS) is 10.4. The van der Waals surface area contributed by atoms with Gasteiger partial charge in [-0.3, -0.25) is 4.79 Å². The fraction of sp³-hybridized carbons (Fsp3) is 0.267. The molecule has 1 heterocycles. The first kappa shape index (κ1) is 13.6. The van der Waals surface area contributed by atoms with Crippen molar-refractivity contribution in [3.05, 3.63) is 46.2 Å². The maximum Gasteiger partial charge on any atom is 0.224 e. The number of carbonyl (C=O) groups excluding carboxylic acids is 1. The monoisotopic (exact) mass is 274 g/mol. The number of anilines is 2. The number of rotatable bonds is 5. The number of hydrogen-bond donors (Lipinski definition) is 2. The van der Waals surface area contributed by atoms with Gasteiger partial charge in [-0.2, -0.15) is 0 Å². The lowest BCUT2D eigenvalue weighted by Gasteiger charge is -2.07. The fourth-order valence-corrected chi connectivity index (χ4v) is 2.57. The Kier molecular flexibility index (Phi) is 4.58. The van der Waals surface area contributed by atoms with E-state index in [-0.39, 0.29) is 5.91 Å². The van der Waals surface area contributed by atoms with E-state index in [4.69, 9.17) is 5.73 Å². The van der Waals surface area contributed by atoms with Crippen molar-refractivity contribution in [2.24, 2.45) is 0 Å². The van der Waals surface area contributed by atoms with Crippen LogP contribution in [-0.2, 0) is 11.2 Å². The van der Waals surface area contributed by atoms with Gasteiger partial charge < -0.3 is 11.1 Å². The quantitative estimate of drug-likeness (QED) is 0.818. The molecule has 0 radical (unpaired) electrons. The van der Waals surface area contributed by atoms with Crippen molar-refractivity contribution in [1.29, 1.82) is 0 Å². The zero-order chi connectivity index (χ0) is 13.7. The van der Waals surface area contributed by atoms with Crippen LogP contribution in [-0.4, -0.2) is 5.91 Å². The Morgan fingerprint density at radius 2 is 2.21 bits per heavy atom. The molecule has 0 bridgehead atoms. The Bertz CT molecular complexity index is 549. The summed E-state index contributed by atoms with van der Waals surface area (Å²) in [7, 11) is 0. The standard InChI is InChI=1S/C15H18N2OS/c1-11-7-8-12(10-14(11)16)17-15(18)6-2-4-13-5-3-9-19-13/h3,5,7-10H,2,4,6,16H2,1H3,(H,17,18). The van der Waals surface area contributed by atoms with Gasteiger partial charge in [0.05, 0.1) is 0 Å². The molecule has 0 saturated heterocycles. The lowest BCUT2D eigenvalue weighted by atomic mass is 10.1. The summed E-state index contributed by atoms with van der Waals surface area (Å²) >= 11 is 1.73. The van der Waals surface area contributed by atoms with Crippen LogP contribution in [0.5, 0.6) is 0 Å². The molecule has 19 heavy (non-hydrogen) atoms. The van der Waals surface area contributed by atoms with Crippen molar-refractivity contribution in [3.63, 3.8) is 0 Å². The first-order valence-corrected chi connectivity index (χ1v) is 7.21. The minimum atomic E-state index is 0.0415. The van der Waals surface area contributed by atoms with E-state index in [0.717, 1.165) is 24.1 Å². The van der Waals surface area contributed by atoms with Crippen LogP contribution in [0.25, 0.3) is 0 Å². The summed E-state index contributed by atoms with van der Waals surface area (Å²) in [5, 5.41) is 4.93. The fourth-order valence-electron chi connectivity index (χ4n) is 1.82. The van der Waals surface area contributed by atoms with Crippen LogP contribution in [0.1, 0.15) is 23.3 Å². The van der Waals surface area contributed by atoms with Gasteiger partial charge in [-0.25, -0.2) is 0 Å². The average Bonchev–Trinajstić information content (AvgIpc) is 2.87. The van der Waals surface area contributed by atoms with Gasteiger partial charge in [-0.1, -0.05) is 12.1 Å². The molecule has 0 aliphatic rings. The molecular weight excluding hydrogens is 256 g/mol. The molecule has 0 saturated carbocycles. The smallest absolute Gasteiger partial charge is 0.224 e. The summed E-state index contributed by atoms with van der Waals surface area (Å²) in [5.41, 5.74) is 8.31. The Labute approximate surface area is 117 Å². The molecule has 0 unspecified atom stereocenters. The minimum Gasteiger partial charge on any atom is -0.398 e. The third-order valence-electron chi connectivity index (χ3n) is 2.97. The van der Waals surface area contributed by atoms with E-state index in [1.807, 2.05) is 25.1 Å². The van der Waals surface area contributed by atoms with Crippen LogP contribution in [0.2, 0.25) is 0 Å². The molecule has 2 rings (SSSR count). The summed E-state index contributed by atoms with van der Waals surface area (Å²) < 4.78 is 0. The highest BCUT2D eigenvalue weighted by Crippen LogP contribution is 2.17. The molecule has 0 spiro atoms. The number of carbonyl (C=O) groups is 1. The maximum atomic E-state index is 11.8. The van der Waals surface area contributed by atoms with Crippen molar-refractivity contribution in [1.82, 2.24) is 0 Å². The van der Waals surface area contributed by atoms with E-state index in [1.54, 1.807) is 17.4 Å². The summed E-state index contributed by atoms with van der Waals surface area (Å²) in [5.74, 6) is 0.0415. The van der Waals surface area contributed by atoms with E-state index in [1.165, 1.54) is 4.88 Å². The van der Waals surface area contributed by atoms with Crippen molar-refractivity contribution >= 4 is 28.6 Å². The number of nitrogens with one attached hydrogen (secondary N) is 1. The van der Waals surface area contributed by atoms with Crippen LogP contribution in [0.15, 0.2) is 35.7 Å². The van der Waals surface area contributed by atoms with Gasteiger partial charge in [0.2, 0.25) is 5.91 Å². The van der Waals surface area contributed by atoms with Gasteiger partial charge in [0.15, 0.2) is 0 Å². The second-order valence-corrected chi connectivity index (χ2v) is 5.58. The van der Waals surface area contributed by atoms with Gasteiger partial charge in [0.1, 0.15) is 0 Å². The number of nitrogen functional groups attached to an aromatic ring is 1. The number of amides is 1. The Morgan fingerprint density at radius 3 is 2.89 bits per heavy atom. The van der Waals surface area contributed by atoms with Crippen molar-refractivity contribution in [2.75, 3.05) is 11.1 Å². The molecule has 4 heteroatoms. The zero-order valence-corrected chi connectivity index (χ0v) is 11.8. The van der Waals surface area contributed by atoms with Crippen molar-refractivity contribution in [3.8, 4) is 0 Å². The average molecular weight is 274 g/mol. The second kappa shape index (κ2) is 6.38. The summed E-state index contributed by atoms with van der Waals surface area (Å²) in [6.07, 6.45) is 2.36. The SMILES string of the molecule is Cc1ccc(NC(=O)CCCc2cccs2)cc1N. The van der Waals surface area contributed by atoms with Crippen LogP contribution in [0.3, 0.4) is 0 Å². The molecule has 1 aromatic heterocycles. The first-order valence-electron chi connectivity index (χ1n) is 6.33. The Morgan fingerprint density at radius 1 is 1.37 bits per heavy atom. The van der Waals surface area contributed by atoms with Gasteiger partial charge in [-0.15, -0.1) is 11.3 Å². The molecule has 3 nitrogen and oxygen atoms in total. The summed E-state index contributed by atoms with van der Waals surface area (Å²) in [6.45, 7) is 1.95. The van der Waals surface area contributed by atoms with Crippen LogP contribution in [0.4, 0.5) is 11.4 Å². The zero-order valence-electron chi connectivity index (χ0n) is 11.0. The van der Waals surface area contributed by atoms with Gasteiger partial charge in [0, 0.05) is 22.7 Å². The third kappa shape index (κ3) is 4.10. The molecule has 1 aromatic carbocycles. The lowest BCUT2D eigenvalue weighted by Crippen LogP contribution is -2.11. The minimum absolute atomic E-state index is 0.0415. The molecule has 0 atom stereocenters. The van der Waals surface area contributed by atoms with E-state index in [2.05, 4.69) is 16.8 Å². The molecule has 1 amide bonds. The summed E-state index contributed by atoms with van der Waals surface area (Å²) in [4.78, 5) is 13.1. The predicted octanol–water partition coefficient (Wildman–Crippen LogP) is 3.60. The highest BCUT2D eigenvalue weighted by Gasteiger charge is 2.04. The van der Waals surface area contributed by atoms with E-state index < -0.39 is 0 Å². The third-order valence-corrected chi connectivity index (χ3v) is 3.91. The van der Waals surface area contributed by atoms with Crippen molar-refractivity contribution in [2.45, 2.75) is 26.2 Å². The molecular formula is C15H18N2OS. The summed E-state index contributed by atoms with van der Waals surface area (Å²) in [6, 6.07) is 9.73. The highest BCUT2D eigenvalue weighted by atomic mass is 32.1. The maximum absolute atomic E-state index is 11.8. The van der Waals surface area contributed by atoms with Gasteiger partial charge >= 0.3 is 0 Å². The first-order chi connectivity index (χ1) is 9.15. The number of aryl methyl sites for hydroxylation is 2. The Balaban J connectivity index is 1.79. The van der Waals surface area contributed by atoms with Crippen LogP contribution in [0, 0.1) is 6.92 Å².